The van der Waals surface area contributed by atoms with Crippen LogP contribution >= 0.6 is 0 Å². The first-order valence-electron chi connectivity index (χ1n) is 7.70. The Bertz CT molecular complexity index is 498. The topological polar surface area (TPSA) is 20.3 Å². The van der Waals surface area contributed by atoms with Gasteiger partial charge in [-0.15, -0.1) is 0 Å². The van der Waals surface area contributed by atoms with Crippen LogP contribution in [-0.2, 0) is 4.79 Å². The van der Waals surface area contributed by atoms with E-state index in [9.17, 15) is 9.18 Å². The SMILES string of the molecule is C=C1C2C(F)=CC=CC2CCN1[C@@H](CC(C)(C)C)C(C)=O. The fraction of sp³-hybridized carbons (Fsp3) is 0.611. The van der Waals surface area contributed by atoms with Crippen molar-refractivity contribution in [1.82, 2.24) is 4.90 Å². The molecule has 3 atom stereocenters. The molecule has 1 fully saturated rings. The van der Waals surface area contributed by atoms with Crippen molar-refractivity contribution in [2.24, 2.45) is 17.3 Å². The third kappa shape index (κ3) is 3.45. The Kier molecular flexibility index (Phi) is 4.40. The maximum absolute atomic E-state index is 14.2. The summed E-state index contributed by atoms with van der Waals surface area (Å²) in [6.45, 7) is 12.9. The minimum atomic E-state index is -0.287. The van der Waals surface area contributed by atoms with E-state index in [2.05, 4.69) is 33.4 Å². The molecule has 2 rings (SSSR count). The molecular formula is C18H26FNO. The van der Waals surface area contributed by atoms with Gasteiger partial charge in [0.15, 0.2) is 5.78 Å². The van der Waals surface area contributed by atoms with Crippen molar-refractivity contribution in [1.29, 1.82) is 0 Å². The second kappa shape index (κ2) is 5.78. The highest BCUT2D eigenvalue weighted by Gasteiger charge is 2.39. The molecule has 0 aromatic rings. The number of ketones is 1. The van der Waals surface area contributed by atoms with E-state index in [1.807, 2.05) is 4.90 Å². The Morgan fingerprint density at radius 2 is 2.19 bits per heavy atom. The van der Waals surface area contributed by atoms with Crippen LogP contribution in [0.4, 0.5) is 4.39 Å². The van der Waals surface area contributed by atoms with E-state index < -0.39 is 0 Å². The number of Topliss-reactive ketones (excluding diaryl/α,β-unsaturated/α-hetero) is 1. The Labute approximate surface area is 127 Å². The number of rotatable bonds is 3. The predicted molar refractivity (Wildman–Crippen MR) is 84.3 cm³/mol. The molecule has 1 aliphatic carbocycles. The lowest BCUT2D eigenvalue weighted by Gasteiger charge is -2.45. The number of halogens is 1. The zero-order valence-electron chi connectivity index (χ0n) is 13.5. The smallest absolute Gasteiger partial charge is 0.152 e. The van der Waals surface area contributed by atoms with E-state index in [0.717, 1.165) is 25.1 Å². The van der Waals surface area contributed by atoms with Gasteiger partial charge in [0.05, 0.1) is 12.0 Å². The highest BCUT2D eigenvalue weighted by atomic mass is 19.1. The lowest BCUT2D eigenvalue weighted by Crippen LogP contribution is -2.48. The molecular weight excluding hydrogens is 265 g/mol. The molecule has 0 N–H and O–H groups in total. The fourth-order valence-corrected chi connectivity index (χ4v) is 3.40. The van der Waals surface area contributed by atoms with Crippen molar-refractivity contribution in [3.63, 3.8) is 0 Å². The van der Waals surface area contributed by atoms with E-state index >= 15 is 0 Å². The van der Waals surface area contributed by atoms with Gasteiger partial charge in [0.1, 0.15) is 5.83 Å². The number of carbonyl (C=O) groups is 1. The molecule has 1 aliphatic heterocycles. The summed E-state index contributed by atoms with van der Waals surface area (Å²) in [7, 11) is 0. The fourth-order valence-electron chi connectivity index (χ4n) is 3.40. The first kappa shape index (κ1) is 16.0. The first-order chi connectivity index (χ1) is 9.70. The Morgan fingerprint density at radius 1 is 1.52 bits per heavy atom. The van der Waals surface area contributed by atoms with E-state index in [0.29, 0.717) is 0 Å². The van der Waals surface area contributed by atoms with Gasteiger partial charge in [-0.2, -0.15) is 0 Å². The molecule has 2 unspecified atom stereocenters. The number of hydrogen-bond acceptors (Lipinski definition) is 2. The van der Waals surface area contributed by atoms with Crippen molar-refractivity contribution in [2.75, 3.05) is 6.54 Å². The molecule has 0 amide bonds. The lowest BCUT2D eigenvalue weighted by molar-refractivity contribution is -0.123. The number of likely N-dealkylation sites (tertiary alicyclic amines) is 1. The number of fused-ring (bicyclic) bond motifs is 1. The molecule has 0 saturated carbocycles. The Balaban J connectivity index is 2.23. The summed E-state index contributed by atoms with van der Waals surface area (Å²) >= 11 is 0. The van der Waals surface area contributed by atoms with Crippen LogP contribution in [0.15, 0.2) is 36.3 Å². The van der Waals surface area contributed by atoms with Gasteiger partial charge in [-0.05, 0) is 37.2 Å². The maximum Gasteiger partial charge on any atom is 0.152 e. The number of carbonyl (C=O) groups excluding carboxylic acids is 1. The molecule has 1 saturated heterocycles. The van der Waals surface area contributed by atoms with E-state index in [4.69, 9.17) is 0 Å². The van der Waals surface area contributed by atoms with Gasteiger partial charge in [0.25, 0.3) is 0 Å². The molecule has 0 radical (unpaired) electrons. The second-order valence-electron chi connectivity index (χ2n) is 7.44. The Morgan fingerprint density at radius 3 is 2.76 bits per heavy atom. The van der Waals surface area contributed by atoms with Gasteiger partial charge in [-0.1, -0.05) is 39.5 Å². The molecule has 0 spiro atoms. The minimum Gasteiger partial charge on any atom is -0.365 e. The largest absolute Gasteiger partial charge is 0.365 e. The molecule has 2 aliphatic rings. The van der Waals surface area contributed by atoms with Gasteiger partial charge in [0.2, 0.25) is 0 Å². The van der Waals surface area contributed by atoms with Crippen molar-refractivity contribution >= 4 is 5.78 Å². The van der Waals surface area contributed by atoms with Crippen molar-refractivity contribution in [3.05, 3.63) is 36.3 Å². The number of allylic oxidation sites excluding steroid dienone is 4. The van der Waals surface area contributed by atoms with Crippen LogP contribution < -0.4 is 0 Å². The zero-order chi connectivity index (χ0) is 15.8. The second-order valence-corrected chi connectivity index (χ2v) is 7.44. The van der Waals surface area contributed by atoms with E-state index in [1.54, 1.807) is 13.0 Å². The monoisotopic (exact) mass is 291 g/mol. The van der Waals surface area contributed by atoms with Crippen LogP contribution in [0.2, 0.25) is 0 Å². The van der Waals surface area contributed by atoms with E-state index in [-0.39, 0.29) is 34.9 Å². The third-order valence-electron chi connectivity index (χ3n) is 4.42. The average Bonchev–Trinajstić information content (AvgIpc) is 2.35. The highest BCUT2D eigenvalue weighted by Crippen LogP contribution is 2.41. The van der Waals surface area contributed by atoms with Gasteiger partial charge >= 0.3 is 0 Å². The average molecular weight is 291 g/mol. The molecule has 3 heteroatoms. The summed E-state index contributed by atoms with van der Waals surface area (Å²) in [5, 5.41) is 0. The quantitative estimate of drug-likeness (QED) is 0.774. The third-order valence-corrected chi connectivity index (χ3v) is 4.42. The molecule has 0 bridgehead atoms. The number of hydrogen-bond donors (Lipinski definition) is 0. The first-order valence-corrected chi connectivity index (χ1v) is 7.70. The summed E-state index contributed by atoms with van der Waals surface area (Å²) < 4.78 is 14.2. The van der Waals surface area contributed by atoms with Gasteiger partial charge in [-0.25, -0.2) is 4.39 Å². The standard InChI is InChI=1S/C18H26FNO/c1-12-17-14(7-6-8-15(17)19)9-10-20(12)16(13(2)21)11-18(3,4)5/h6-8,14,16-17H,1,9-11H2,2-5H3/t14?,16-,17?/m0/s1. The normalized spacial score (nSPS) is 27.2. The maximum atomic E-state index is 14.2. The van der Waals surface area contributed by atoms with Crippen LogP contribution in [0, 0.1) is 17.3 Å². The molecule has 2 nitrogen and oxygen atoms in total. The Hall–Kier alpha value is -1.38. The minimum absolute atomic E-state index is 0.0499. The summed E-state index contributed by atoms with van der Waals surface area (Å²) in [5.74, 6) is -0.0953. The van der Waals surface area contributed by atoms with E-state index in [1.165, 1.54) is 6.08 Å². The molecule has 0 aromatic carbocycles. The van der Waals surface area contributed by atoms with Crippen LogP contribution in [0.25, 0.3) is 0 Å². The molecule has 116 valence electrons. The molecule has 0 aromatic heterocycles. The summed E-state index contributed by atoms with van der Waals surface area (Å²) in [6, 6.07) is -0.197. The molecule has 21 heavy (non-hydrogen) atoms. The van der Waals surface area contributed by atoms with Crippen LogP contribution in [0.3, 0.4) is 0 Å². The lowest BCUT2D eigenvalue weighted by atomic mass is 9.77. The van der Waals surface area contributed by atoms with Crippen LogP contribution in [0.5, 0.6) is 0 Å². The van der Waals surface area contributed by atoms with Crippen LogP contribution in [0.1, 0.15) is 40.5 Å². The number of piperidine rings is 1. The predicted octanol–water partition coefficient (Wildman–Crippen LogP) is 4.26. The zero-order valence-corrected chi connectivity index (χ0v) is 13.5. The highest BCUT2D eigenvalue weighted by molar-refractivity contribution is 5.81. The van der Waals surface area contributed by atoms with Gasteiger partial charge in [-0.3, -0.25) is 4.79 Å². The van der Waals surface area contributed by atoms with Crippen molar-refractivity contribution in [3.8, 4) is 0 Å². The summed E-state index contributed by atoms with van der Waals surface area (Å²) in [6.07, 6.45) is 7.00. The number of nitrogens with zero attached hydrogens (tertiary/aromatic N) is 1. The van der Waals surface area contributed by atoms with Gasteiger partial charge in [0, 0.05) is 12.2 Å². The van der Waals surface area contributed by atoms with Crippen molar-refractivity contribution < 1.29 is 9.18 Å². The van der Waals surface area contributed by atoms with Crippen molar-refractivity contribution in [2.45, 2.75) is 46.6 Å². The summed E-state index contributed by atoms with van der Waals surface area (Å²) in [5.41, 5.74) is 0.808. The van der Waals surface area contributed by atoms with Gasteiger partial charge < -0.3 is 4.90 Å². The van der Waals surface area contributed by atoms with Crippen LogP contribution in [-0.4, -0.2) is 23.3 Å². The summed E-state index contributed by atoms with van der Waals surface area (Å²) in [4.78, 5) is 14.1. The molecule has 1 heterocycles.